The molecular weight excluding hydrogens is 368 g/mol. The predicted molar refractivity (Wildman–Crippen MR) is 114 cm³/mol. The summed E-state index contributed by atoms with van der Waals surface area (Å²) in [6.07, 6.45) is 8.18. The van der Waals surface area contributed by atoms with Crippen molar-refractivity contribution in [2.45, 2.75) is 83.7 Å². The molecule has 0 aromatic heterocycles. The Balaban J connectivity index is 1.95. The largest absolute Gasteiger partial charge is 0.504 e. The zero-order valence-electron chi connectivity index (χ0n) is 17.4. The van der Waals surface area contributed by atoms with Crippen LogP contribution in [0.5, 0.6) is 0 Å². The van der Waals surface area contributed by atoms with Gasteiger partial charge in [-0.25, -0.2) is 0 Å². The molecule has 5 nitrogen and oxygen atoms in total. The lowest BCUT2D eigenvalue weighted by atomic mass is 9.89. The average Bonchev–Trinajstić information content (AvgIpc) is 2.98. The number of carbonyl (C=O) groups excluding carboxylic acids is 1. The quantitative estimate of drug-likeness (QED) is 0.374. The molecule has 2 atom stereocenters. The van der Waals surface area contributed by atoms with Crippen molar-refractivity contribution in [3.8, 4) is 0 Å². The summed E-state index contributed by atoms with van der Waals surface area (Å²) in [6.45, 7) is 2.14. The Morgan fingerprint density at radius 2 is 1.76 bits per heavy atom. The summed E-state index contributed by atoms with van der Waals surface area (Å²) in [5.41, 5.74) is 2.42. The maximum absolute atomic E-state index is 12.1. The number of carboxylic acid groups (broad SMARTS) is 1. The number of benzene rings is 1. The number of carboxylic acids is 1. The third kappa shape index (κ3) is 7.00. The molecule has 1 aliphatic rings. The van der Waals surface area contributed by atoms with Gasteiger partial charge in [-0.05, 0) is 36.3 Å². The van der Waals surface area contributed by atoms with Crippen LogP contribution in [0.3, 0.4) is 0 Å². The van der Waals surface area contributed by atoms with Crippen molar-refractivity contribution in [3.05, 3.63) is 41.2 Å². The number of hydrogen-bond acceptors (Lipinski definition) is 4. The lowest BCUT2D eigenvalue weighted by Gasteiger charge is -2.16. The third-order valence-corrected chi connectivity index (χ3v) is 5.74. The van der Waals surface area contributed by atoms with Crippen LogP contribution in [0.2, 0.25) is 0 Å². The van der Waals surface area contributed by atoms with Crippen molar-refractivity contribution >= 4 is 17.3 Å². The van der Waals surface area contributed by atoms with Crippen LogP contribution >= 0.6 is 0 Å². The van der Waals surface area contributed by atoms with Crippen LogP contribution in [0.15, 0.2) is 30.0 Å². The van der Waals surface area contributed by atoms with Crippen molar-refractivity contribution in [1.29, 1.82) is 0 Å². The Bertz CT molecular complexity index is 704. The Hall–Kier alpha value is -2.14. The van der Waals surface area contributed by atoms with Crippen molar-refractivity contribution in [3.63, 3.8) is 0 Å². The highest BCUT2D eigenvalue weighted by atomic mass is 16.4. The Labute approximate surface area is 173 Å². The summed E-state index contributed by atoms with van der Waals surface area (Å²) >= 11 is 0. The molecule has 29 heavy (non-hydrogen) atoms. The van der Waals surface area contributed by atoms with E-state index in [0.717, 1.165) is 62.5 Å². The van der Waals surface area contributed by atoms with E-state index in [9.17, 15) is 19.8 Å². The summed E-state index contributed by atoms with van der Waals surface area (Å²) in [7, 11) is 0. The molecule has 1 aromatic carbocycles. The molecule has 0 saturated heterocycles. The number of aliphatic carboxylic acids is 1. The number of unbranched alkanes of at least 4 members (excludes halogenated alkanes) is 5. The fourth-order valence-electron chi connectivity index (χ4n) is 4.04. The molecule has 1 unspecified atom stereocenters. The molecular formula is C24H34O5. The van der Waals surface area contributed by atoms with E-state index in [4.69, 9.17) is 5.11 Å². The SMILES string of the molecule is CCCCCC(O)c1ccc(C2=C(O)C(=O)C[C@@H]2CCCCCCC(=O)O)cc1. The minimum Gasteiger partial charge on any atom is -0.504 e. The first-order chi connectivity index (χ1) is 13.9. The van der Waals surface area contributed by atoms with E-state index in [1.807, 2.05) is 24.3 Å². The first-order valence-electron chi connectivity index (χ1n) is 10.9. The number of allylic oxidation sites excluding steroid dienone is 2. The van der Waals surface area contributed by atoms with Crippen LogP contribution in [0.1, 0.15) is 94.8 Å². The number of Topliss-reactive ketones (excluding diaryl/α,β-unsaturated/α-hetero) is 1. The second-order valence-electron chi connectivity index (χ2n) is 8.07. The van der Waals surface area contributed by atoms with E-state index in [2.05, 4.69) is 6.92 Å². The van der Waals surface area contributed by atoms with E-state index in [-0.39, 0.29) is 23.9 Å². The smallest absolute Gasteiger partial charge is 0.303 e. The number of rotatable bonds is 13. The number of carbonyl (C=O) groups is 2. The fourth-order valence-corrected chi connectivity index (χ4v) is 4.04. The summed E-state index contributed by atoms with van der Waals surface area (Å²) < 4.78 is 0. The van der Waals surface area contributed by atoms with Gasteiger partial charge in [-0.3, -0.25) is 9.59 Å². The van der Waals surface area contributed by atoms with Crippen LogP contribution in [0, 0.1) is 5.92 Å². The maximum atomic E-state index is 12.1. The standard InChI is InChI=1S/C24H34O5/c1-2-3-6-10-20(25)17-12-14-18(15-13-17)23-19(16-21(26)24(23)29)9-7-4-5-8-11-22(27)28/h12-15,19-20,25,29H,2-11,16H2,1H3,(H,27,28)/t19-,20?/m0/s1. The second kappa shape index (κ2) is 11.8. The Morgan fingerprint density at radius 3 is 2.41 bits per heavy atom. The zero-order chi connectivity index (χ0) is 21.2. The summed E-state index contributed by atoms with van der Waals surface area (Å²) in [6, 6.07) is 7.56. The van der Waals surface area contributed by atoms with Gasteiger partial charge in [-0.2, -0.15) is 0 Å². The van der Waals surface area contributed by atoms with Gasteiger partial charge in [0.1, 0.15) is 0 Å². The minimum absolute atomic E-state index is 0.00213. The van der Waals surface area contributed by atoms with E-state index in [1.54, 1.807) is 0 Å². The van der Waals surface area contributed by atoms with E-state index in [1.165, 1.54) is 0 Å². The van der Waals surface area contributed by atoms with Crippen LogP contribution in [-0.2, 0) is 9.59 Å². The lowest BCUT2D eigenvalue weighted by molar-refractivity contribution is -0.137. The number of hydrogen-bond donors (Lipinski definition) is 3. The van der Waals surface area contributed by atoms with Gasteiger partial charge in [0.15, 0.2) is 11.5 Å². The Kier molecular flexibility index (Phi) is 9.39. The second-order valence-corrected chi connectivity index (χ2v) is 8.07. The van der Waals surface area contributed by atoms with Crippen LogP contribution < -0.4 is 0 Å². The maximum Gasteiger partial charge on any atom is 0.303 e. The van der Waals surface area contributed by atoms with Crippen LogP contribution in [0.4, 0.5) is 0 Å². The molecule has 0 radical (unpaired) electrons. The van der Waals surface area contributed by atoms with E-state index >= 15 is 0 Å². The van der Waals surface area contributed by atoms with Crippen molar-refractivity contribution in [2.24, 2.45) is 5.92 Å². The summed E-state index contributed by atoms with van der Waals surface area (Å²) in [4.78, 5) is 22.6. The molecule has 1 aliphatic carbocycles. The number of ketones is 1. The van der Waals surface area contributed by atoms with Gasteiger partial charge in [0, 0.05) is 18.4 Å². The molecule has 0 fully saturated rings. The van der Waals surface area contributed by atoms with Gasteiger partial charge in [0.25, 0.3) is 0 Å². The van der Waals surface area contributed by atoms with Gasteiger partial charge >= 0.3 is 5.97 Å². The molecule has 0 amide bonds. The highest BCUT2D eigenvalue weighted by Gasteiger charge is 2.32. The molecule has 2 rings (SSSR count). The molecule has 3 N–H and O–H groups in total. The average molecular weight is 403 g/mol. The fraction of sp³-hybridized carbons (Fsp3) is 0.583. The van der Waals surface area contributed by atoms with Gasteiger partial charge in [0.2, 0.25) is 0 Å². The molecule has 5 heteroatoms. The number of aliphatic hydroxyl groups excluding tert-OH is 2. The van der Waals surface area contributed by atoms with Crippen LogP contribution in [0.25, 0.3) is 5.57 Å². The van der Waals surface area contributed by atoms with Crippen LogP contribution in [-0.4, -0.2) is 27.1 Å². The predicted octanol–water partition coefficient (Wildman–Crippen LogP) is 5.58. The molecule has 1 aromatic rings. The van der Waals surface area contributed by atoms with E-state index < -0.39 is 12.1 Å². The van der Waals surface area contributed by atoms with Gasteiger partial charge in [-0.15, -0.1) is 0 Å². The summed E-state index contributed by atoms with van der Waals surface area (Å²) in [5, 5.41) is 29.3. The molecule has 0 spiro atoms. The molecule has 0 bridgehead atoms. The molecule has 160 valence electrons. The third-order valence-electron chi connectivity index (χ3n) is 5.74. The highest BCUT2D eigenvalue weighted by Crippen LogP contribution is 2.39. The first kappa shape index (κ1) is 23.1. The lowest BCUT2D eigenvalue weighted by Crippen LogP contribution is -2.02. The number of aliphatic hydroxyl groups is 2. The first-order valence-corrected chi connectivity index (χ1v) is 10.9. The normalized spacial score (nSPS) is 17.7. The zero-order valence-corrected chi connectivity index (χ0v) is 17.4. The van der Waals surface area contributed by atoms with Gasteiger partial charge in [-0.1, -0.05) is 69.7 Å². The van der Waals surface area contributed by atoms with E-state index in [0.29, 0.717) is 18.4 Å². The monoisotopic (exact) mass is 402 g/mol. The summed E-state index contributed by atoms with van der Waals surface area (Å²) in [5.74, 6) is -1.10. The molecule has 0 heterocycles. The minimum atomic E-state index is -0.763. The van der Waals surface area contributed by atoms with Gasteiger partial charge < -0.3 is 15.3 Å². The van der Waals surface area contributed by atoms with Crippen molar-refractivity contribution < 1.29 is 24.9 Å². The van der Waals surface area contributed by atoms with Crippen molar-refractivity contribution in [2.75, 3.05) is 0 Å². The molecule has 0 aliphatic heterocycles. The molecule has 0 saturated carbocycles. The van der Waals surface area contributed by atoms with Crippen molar-refractivity contribution in [1.82, 2.24) is 0 Å². The Morgan fingerprint density at radius 1 is 1.07 bits per heavy atom. The highest BCUT2D eigenvalue weighted by molar-refractivity contribution is 6.05. The topological polar surface area (TPSA) is 94.8 Å². The van der Waals surface area contributed by atoms with Gasteiger partial charge in [0.05, 0.1) is 6.10 Å².